The smallest absolute Gasteiger partial charge is 0.239 e. The molecular weight excluding hydrogens is 388 g/mol. The molecule has 2 amide bonds. The summed E-state index contributed by atoms with van der Waals surface area (Å²) in [4.78, 5) is 32.4. The molecule has 1 aliphatic heterocycles. The first-order chi connectivity index (χ1) is 14.9. The molecule has 31 heavy (non-hydrogen) atoms. The number of hydrogen-bond acceptors (Lipinski definition) is 4. The number of carbonyl (C=O) groups is 2. The van der Waals surface area contributed by atoms with Crippen molar-refractivity contribution in [3.05, 3.63) is 29.3 Å². The molecule has 0 spiro atoms. The zero-order chi connectivity index (χ0) is 22.4. The SMILES string of the molecule is CCN(C(=O)C(C)N1CCN(CC(=O)Nc2c(C)cccc2C)CC1)C1CCCCC1. The Morgan fingerprint density at radius 3 is 2.26 bits per heavy atom. The number of amides is 2. The summed E-state index contributed by atoms with van der Waals surface area (Å²) in [6.45, 7) is 12.7. The number of likely N-dealkylation sites (N-methyl/N-ethyl adjacent to an activating group) is 1. The predicted octanol–water partition coefficient (Wildman–Crippen LogP) is 3.43. The van der Waals surface area contributed by atoms with Crippen molar-refractivity contribution in [1.82, 2.24) is 14.7 Å². The largest absolute Gasteiger partial charge is 0.339 e. The van der Waals surface area contributed by atoms with Gasteiger partial charge < -0.3 is 10.2 Å². The molecule has 0 bridgehead atoms. The normalized spacial score (nSPS) is 19.7. The first kappa shape index (κ1) is 23.7. The van der Waals surface area contributed by atoms with Gasteiger partial charge in [0.15, 0.2) is 0 Å². The van der Waals surface area contributed by atoms with Gasteiger partial charge in [-0.1, -0.05) is 37.5 Å². The number of piperazine rings is 1. The standard InChI is InChI=1S/C25H40N4O2/c1-5-29(22-12-7-6-8-13-22)25(31)21(4)28-16-14-27(15-17-28)18-23(30)26-24-19(2)10-9-11-20(24)3/h9-11,21-22H,5-8,12-18H2,1-4H3,(H,26,30). The average molecular weight is 429 g/mol. The van der Waals surface area contributed by atoms with Crippen molar-refractivity contribution in [2.45, 2.75) is 71.9 Å². The van der Waals surface area contributed by atoms with Gasteiger partial charge in [0, 0.05) is 44.5 Å². The minimum absolute atomic E-state index is 0.0319. The van der Waals surface area contributed by atoms with Crippen LogP contribution in [0, 0.1) is 13.8 Å². The molecule has 3 rings (SSSR count). The van der Waals surface area contributed by atoms with Crippen LogP contribution in [-0.4, -0.2) is 77.9 Å². The lowest BCUT2D eigenvalue weighted by Crippen LogP contribution is -2.56. The van der Waals surface area contributed by atoms with Crippen molar-refractivity contribution in [3.8, 4) is 0 Å². The monoisotopic (exact) mass is 428 g/mol. The fraction of sp³-hybridized carbons (Fsp3) is 0.680. The Morgan fingerprint density at radius 2 is 1.68 bits per heavy atom. The van der Waals surface area contributed by atoms with Gasteiger partial charge in [0.05, 0.1) is 12.6 Å². The van der Waals surface area contributed by atoms with Crippen LogP contribution in [0.1, 0.15) is 57.1 Å². The van der Waals surface area contributed by atoms with E-state index in [9.17, 15) is 9.59 Å². The van der Waals surface area contributed by atoms with Gasteiger partial charge in [0.2, 0.25) is 11.8 Å². The highest BCUT2D eigenvalue weighted by atomic mass is 16.2. The molecule has 172 valence electrons. The van der Waals surface area contributed by atoms with Crippen molar-refractivity contribution >= 4 is 17.5 Å². The van der Waals surface area contributed by atoms with Gasteiger partial charge in [-0.2, -0.15) is 0 Å². The summed E-state index contributed by atoms with van der Waals surface area (Å²) in [6.07, 6.45) is 6.08. The number of anilines is 1. The molecular formula is C25H40N4O2. The van der Waals surface area contributed by atoms with Crippen molar-refractivity contribution < 1.29 is 9.59 Å². The molecule has 1 aromatic rings. The molecule has 1 saturated carbocycles. The highest BCUT2D eigenvalue weighted by Gasteiger charge is 2.32. The lowest BCUT2D eigenvalue weighted by Gasteiger charge is -2.41. The quantitative estimate of drug-likeness (QED) is 0.723. The zero-order valence-electron chi connectivity index (χ0n) is 19.8. The van der Waals surface area contributed by atoms with E-state index in [4.69, 9.17) is 0 Å². The summed E-state index contributed by atoms with van der Waals surface area (Å²) in [6, 6.07) is 6.38. The van der Waals surface area contributed by atoms with Crippen molar-refractivity contribution in [2.75, 3.05) is 44.6 Å². The molecule has 1 aliphatic carbocycles. The van der Waals surface area contributed by atoms with Crippen LogP contribution in [0.2, 0.25) is 0 Å². The van der Waals surface area contributed by atoms with E-state index in [1.165, 1.54) is 19.3 Å². The second-order valence-corrected chi connectivity index (χ2v) is 9.22. The Labute approximate surface area is 188 Å². The highest BCUT2D eigenvalue weighted by molar-refractivity contribution is 5.93. The van der Waals surface area contributed by atoms with Gasteiger partial charge >= 0.3 is 0 Å². The first-order valence-electron chi connectivity index (χ1n) is 12.0. The number of rotatable bonds is 7. The van der Waals surface area contributed by atoms with Crippen LogP contribution in [-0.2, 0) is 9.59 Å². The molecule has 1 atom stereocenters. The molecule has 0 radical (unpaired) electrons. The van der Waals surface area contributed by atoms with Gasteiger partial charge in [0.25, 0.3) is 0 Å². The summed E-state index contributed by atoms with van der Waals surface area (Å²) < 4.78 is 0. The molecule has 1 aromatic carbocycles. The third-order valence-corrected chi connectivity index (χ3v) is 7.06. The second kappa shape index (κ2) is 11.1. The number of carbonyl (C=O) groups excluding carboxylic acids is 2. The average Bonchev–Trinajstić information content (AvgIpc) is 2.77. The van der Waals surface area contributed by atoms with E-state index in [2.05, 4.69) is 33.9 Å². The van der Waals surface area contributed by atoms with Crippen molar-refractivity contribution in [3.63, 3.8) is 0 Å². The summed E-state index contributed by atoms with van der Waals surface area (Å²) in [5.41, 5.74) is 3.10. The molecule has 1 unspecified atom stereocenters. The van der Waals surface area contributed by atoms with E-state index in [-0.39, 0.29) is 17.9 Å². The summed E-state index contributed by atoms with van der Waals surface area (Å²) in [7, 11) is 0. The Morgan fingerprint density at radius 1 is 1.06 bits per heavy atom. The van der Waals surface area contributed by atoms with E-state index in [1.54, 1.807) is 0 Å². The maximum absolute atomic E-state index is 13.2. The maximum atomic E-state index is 13.2. The molecule has 1 heterocycles. The lowest BCUT2D eigenvalue weighted by atomic mass is 9.93. The van der Waals surface area contributed by atoms with E-state index < -0.39 is 0 Å². The zero-order valence-corrected chi connectivity index (χ0v) is 19.8. The van der Waals surface area contributed by atoms with Crippen LogP contribution in [0.25, 0.3) is 0 Å². The van der Waals surface area contributed by atoms with Crippen LogP contribution < -0.4 is 5.32 Å². The van der Waals surface area contributed by atoms with Gasteiger partial charge in [-0.25, -0.2) is 0 Å². The lowest BCUT2D eigenvalue weighted by molar-refractivity contribution is -0.140. The van der Waals surface area contributed by atoms with Crippen LogP contribution in [0.5, 0.6) is 0 Å². The molecule has 2 fully saturated rings. The number of aryl methyl sites for hydroxylation is 2. The Balaban J connectivity index is 1.48. The third-order valence-electron chi connectivity index (χ3n) is 7.06. The highest BCUT2D eigenvalue weighted by Crippen LogP contribution is 2.24. The van der Waals surface area contributed by atoms with Crippen LogP contribution >= 0.6 is 0 Å². The predicted molar refractivity (Wildman–Crippen MR) is 126 cm³/mol. The minimum atomic E-state index is -0.0903. The first-order valence-corrected chi connectivity index (χ1v) is 12.0. The van der Waals surface area contributed by atoms with Gasteiger partial charge in [-0.05, 0) is 51.7 Å². The van der Waals surface area contributed by atoms with E-state index >= 15 is 0 Å². The fourth-order valence-corrected chi connectivity index (χ4v) is 5.09. The summed E-state index contributed by atoms with van der Waals surface area (Å²) in [5.74, 6) is 0.306. The van der Waals surface area contributed by atoms with E-state index in [0.29, 0.717) is 12.6 Å². The molecule has 1 N–H and O–H groups in total. The second-order valence-electron chi connectivity index (χ2n) is 9.22. The molecule has 6 nitrogen and oxygen atoms in total. The Kier molecular flexibility index (Phi) is 8.50. The van der Waals surface area contributed by atoms with E-state index in [1.807, 2.05) is 32.0 Å². The van der Waals surface area contributed by atoms with Gasteiger partial charge in [-0.3, -0.25) is 19.4 Å². The third kappa shape index (κ3) is 6.07. The van der Waals surface area contributed by atoms with Gasteiger partial charge in [0.1, 0.15) is 0 Å². The van der Waals surface area contributed by atoms with Crippen LogP contribution in [0.3, 0.4) is 0 Å². The molecule has 1 saturated heterocycles. The van der Waals surface area contributed by atoms with Crippen molar-refractivity contribution in [2.24, 2.45) is 0 Å². The maximum Gasteiger partial charge on any atom is 0.239 e. The molecule has 6 heteroatoms. The fourth-order valence-electron chi connectivity index (χ4n) is 5.09. The minimum Gasteiger partial charge on any atom is -0.339 e. The number of hydrogen-bond donors (Lipinski definition) is 1. The van der Waals surface area contributed by atoms with Crippen LogP contribution in [0.4, 0.5) is 5.69 Å². The van der Waals surface area contributed by atoms with Gasteiger partial charge in [-0.15, -0.1) is 0 Å². The van der Waals surface area contributed by atoms with Crippen LogP contribution in [0.15, 0.2) is 18.2 Å². The Bertz CT molecular complexity index is 732. The molecule has 0 aromatic heterocycles. The van der Waals surface area contributed by atoms with Crippen molar-refractivity contribution in [1.29, 1.82) is 0 Å². The van der Waals surface area contributed by atoms with E-state index in [0.717, 1.165) is 62.4 Å². The number of nitrogens with one attached hydrogen (secondary N) is 1. The number of benzene rings is 1. The molecule has 2 aliphatic rings. The topological polar surface area (TPSA) is 55.9 Å². The summed E-state index contributed by atoms with van der Waals surface area (Å²) >= 11 is 0. The summed E-state index contributed by atoms with van der Waals surface area (Å²) in [5, 5.41) is 3.08. The Hall–Kier alpha value is -1.92. The number of para-hydroxylation sites is 1. The number of nitrogens with zero attached hydrogens (tertiary/aromatic N) is 3.